The van der Waals surface area contributed by atoms with Crippen molar-refractivity contribution in [1.82, 2.24) is 4.98 Å². The van der Waals surface area contributed by atoms with Crippen LogP contribution in [0.25, 0.3) is 0 Å². The summed E-state index contributed by atoms with van der Waals surface area (Å²) in [5.41, 5.74) is 1.18. The fourth-order valence-corrected chi connectivity index (χ4v) is 3.21. The van der Waals surface area contributed by atoms with Gasteiger partial charge in [0.05, 0.1) is 18.4 Å². The van der Waals surface area contributed by atoms with Gasteiger partial charge in [-0.2, -0.15) is 0 Å². The maximum Gasteiger partial charge on any atom is 0.293 e. The van der Waals surface area contributed by atoms with E-state index in [9.17, 15) is 9.59 Å². The summed E-state index contributed by atoms with van der Waals surface area (Å²) in [6, 6.07) is 8.42. The maximum absolute atomic E-state index is 12.2. The predicted octanol–water partition coefficient (Wildman–Crippen LogP) is 2.94. The molecule has 0 radical (unpaired) electrons. The molecule has 0 saturated carbocycles. The average Bonchev–Trinajstić information content (AvgIpc) is 3.34. The summed E-state index contributed by atoms with van der Waals surface area (Å²) >= 11 is 1.24. The number of furan rings is 1. The van der Waals surface area contributed by atoms with Crippen LogP contribution in [0.15, 0.2) is 46.4 Å². The molecule has 0 spiro atoms. The lowest BCUT2D eigenvalue weighted by molar-refractivity contribution is -0.115. The number of fused-ring (bicyclic) bond motifs is 1. The molecule has 138 valence electrons. The Hall–Kier alpha value is -3.33. The van der Waals surface area contributed by atoms with Gasteiger partial charge in [0, 0.05) is 17.1 Å². The van der Waals surface area contributed by atoms with E-state index >= 15 is 0 Å². The topological polar surface area (TPSA) is 103 Å². The number of anilines is 2. The molecule has 27 heavy (non-hydrogen) atoms. The van der Waals surface area contributed by atoms with Crippen molar-refractivity contribution >= 4 is 34.0 Å². The molecule has 9 heteroatoms. The van der Waals surface area contributed by atoms with Crippen LogP contribution in [0, 0.1) is 0 Å². The van der Waals surface area contributed by atoms with Crippen LogP contribution in [-0.2, 0) is 11.2 Å². The Bertz CT molecular complexity index is 967. The van der Waals surface area contributed by atoms with Gasteiger partial charge in [0.2, 0.25) is 5.91 Å². The Kier molecular flexibility index (Phi) is 4.75. The number of ether oxygens (including phenoxy) is 2. The van der Waals surface area contributed by atoms with Crippen LogP contribution in [0.4, 0.5) is 10.8 Å². The first-order chi connectivity index (χ1) is 13.2. The molecule has 0 atom stereocenters. The Morgan fingerprint density at radius 2 is 1.96 bits per heavy atom. The highest BCUT2D eigenvalue weighted by Crippen LogP contribution is 2.32. The third-order valence-corrected chi connectivity index (χ3v) is 4.49. The third-order valence-electron chi connectivity index (χ3n) is 3.68. The molecule has 4 rings (SSSR count). The Morgan fingerprint density at radius 3 is 2.78 bits per heavy atom. The molecule has 2 N–H and O–H groups in total. The summed E-state index contributed by atoms with van der Waals surface area (Å²) in [7, 11) is 0. The van der Waals surface area contributed by atoms with Gasteiger partial charge in [-0.05, 0) is 24.3 Å². The van der Waals surface area contributed by atoms with Crippen molar-refractivity contribution in [3.8, 4) is 11.5 Å². The van der Waals surface area contributed by atoms with E-state index in [1.807, 2.05) is 0 Å². The fraction of sp³-hybridized carbons (Fsp3) is 0.167. The smallest absolute Gasteiger partial charge is 0.293 e. The number of thiazole rings is 1. The van der Waals surface area contributed by atoms with E-state index in [1.54, 1.807) is 35.7 Å². The molecule has 1 aromatic carbocycles. The Balaban J connectivity index is 1.35. The number of hydrogen-bond acceptors (Lipinski definition) is 7. The number of nitrogens with zero attached hydrogens (tertiary/aromatic N) is 1. The van der Waals surface area contributed by atoms with Crippen molar-refractivity contribution in [2.24, 2.45) is 0 Å². The van der Waals surface area contributed by atoms with Gasteiger partial charge in [-0.3, -0.25) is 14.9 Å². The van der Waals surface area contributed by atoms with Gasteiger partial charge >= 0.3 is 0 Å². The lowest BCUT2D eigenvalue weighted by Gasteiger charge is -2.18. The van der Waals surface area contributed by atoms with Crippen molar-refractivity contribution in [1.29, 1.82) is 0 Å². The van der Waals surface area contributed by atoms with E-state index in [-0.39, 0.29) is 24.0 Å². The van der Waals surface area contributed by atoms with Crippen LogP contribution in [-0.4, -0.2) is 30.0 Å². The summed E-state index contributed by atoms with van der Waals surface area (Å²) in [5.74, 6) is 0.858. The van der Waals surface area contributed by atoms with Crippen molar-refractivity contribution in [3.05, 3.63) is 53.4 Å². The van der Waals surface area contributed by atoms with Crippen LogP contribution in [0.3, 0.4) is 0 Å². The predicted molar refractivity (Wildman–Crippen MR) is 98.5 cm³/mol. The highest BCUT2D eigenvalue weighted by Gasteiger charge is 2.15. The molecule has 2 amide bonds. The van der Waals surface area contributed by atoms with Crippen LogP contribution in [0.1, 0.15) is 16.2 Å². The van der Waals surface area contributed by atoms with E-state index < -0.39 is 0 Å². The van der Waals surface area contributed by atoms with Gasteiger partial charge in [-0.1, -0.05) is 0 Å². The lowest BCUT2D eigenvalue weighted by atomic mass is 10.2. The van der Waals surface area contributed by atoms with Gasteiger partial charge in [0.1, 0.15) is 13.2 Å². The van der Waals surface area contributed by atoms with Crippen molar-refractivity contribution in [2.45, 2.75) is 6.42 Å². The number of carbonyl (C=O) groups excluding carboxylic acids is 2. The number of nitrogens with one attached hydrogen (secondary N) is 2. The van der Waals surface area contributed by atoms with Gasteiger partial charge in [-0.25, -0.2) is 4.98 Å². The molecule has 0 aliphatic carbocycles. The Morgan fingerprint density at radius 1 is 1.11 bits per heavy atom. The fourth-order valence-electron chi connectivity index (χ4n) is 2.50. The number of rotatable bonds is 5. The highest BCUT2D eigenvalue weighted by molar-refractivity contribution is 7.14. The normalized spacial score (nSPS) is 12.4. The zero-order valence-corrected chi connectivity index (χ0v) is 14.9. The molecule has 3 aromatic rings. The molecule has 0 bridgehead atoms. The minimum atomic E-state index is -0.387. The zero-order valence-electron chi connectivity index (χ0n) is 14.1. The van der Waals surface area contributed by atoms with E-state index in [2.05, 4.69) is 15.6 Å². The molecular formula is C18H15N3O5S. The molecule has 0 fully saturated rings. The highest BCUT2D eigenvalue weighted by atomic mass is 32.1. The molecular weight excluding hydrogens is 370 g/mol. The number of hydrogen-bond donors (Lipinski definition) is 2. The number of benzene rings is 1. The molecule has 8 nitrogen and oxygen atoms in total. The monoisotopic (exact) mass is 385 g/mol. The summed E-state index contributed by atoms with van der Waals surface area (Å²) < 4.78 is 16.0. The lowest BCUT2D eigenvalue weighted by Crippen LogP contribution is -2.17. The van der Waals surface area contributed by atoms with Crippen molar-refractivity contribution in [2.75, 3.05) is 23.8 Å². The van der Waals surface area contributed by atoms with Gasteiger partial charge in [0.25, 0.3) is 5.91 Å². The maximum atomic E-state index is 12.2. The van der Waals surface area contributed by atoms with Gasteiger partial charge in [0.15, 0.2) is 22.4 Å². The molecule has 0 unspecified atom stereocenters. The minimum Gasteiger partial charge on any atom is -0.486 e. The van der Waals surface area contributed by atoms with Crippen molar-refractivity contribution in [3.63, 3.8) is 0 Å². The SMILES string of the molecule is O=C(Cc1csc(NC(=O)c2ccco2)n1)Nc1ccc2c(c1)OCCO2. The zero-order chi connectivity index (χ0) is 18.6. The Labute approximate surface area is 158 Å². The van der Waals surface area contributed by atoms with Gasteiger partial charge in [-0.15, -0.1) is 11.3 Å². The minimum absolute atomic E-state index is 0.0849. The first-order valence-corrected chi connectivity index (χ1v) is 9.04. The van der Waals surface area contributed by atoms with Crippen LogP contribution in [0.5, 0.6) is 11.5 Å². The molecule has 0 saturated heterocycles. The second kappa shape index (κ2) is 7.50. The summed E-state index contributed by atoms with van der Waals surface area (Å²) in [6.07, 6.45) is 1.51. The number of carbonyl (C=O) groups is 2. The van der Waals surface area contributed by atoms with Crippen LogP contribution in [0.2, 0.25) is 0 Å². The van der Waals surface area contributed by atoms with E-state index in [1.165, 1.54) is 17.6 Å². The molecule has 3 heterocycles. The first kappa shape index (κ1) is 17.1. The molecule has 2 aromatic heterocycles. The van der Waals surface area contributed by atoms with E-state index in [4.69, 9.17) is 13.9 Å². The largest absolute Gasteiger partial charge is 0.486 e. The quantitative estimate of drug-likeness (QED) is 0.700. The number of amides is 2. The second-order valence-electron chi connectivity index (χ2n) is 5.66. The standard InChI is InChI=1S/C18H15N3O5S/c22-16(19-11-3-4-13-15(8-11)26-7-6-25-13)9-12-10-27-18(20-12)21-17(23)14-2-1-5-24-14/h1-5,8,10H,6-7,9H2,(H,19,22)(H,20,21,23). The molecule has 1 aliphatic rings. The van der Waals surface area contributed by atoms with Crippen molar-refractivity contribution < 1.29 is 23.5 Å². The summed E-state index contributed by atoms with van der Waals surface area (Å²) in [5, 5.41) is 7.56. The van der Waals surface area contributed by atoms with E-state index in [0.29, 0.717) is 41.2 Å². The second-order valence-corrected chi connectivity index (χ2v) is 6.52. The van der Waals surface area contributed by atoms with Crippen LogP contribution < -0.4 is 20.1 Å². The van der Waals surface area contributed by atoms with E-state index in [0.717, 1.165) is 0 Å². The molecule has 1 aliphatic heterocycles. The van der Waals surface area contributed by atoms with Gasteiger partial charge < -0.3 is 19.2 Å². The summed E-state index contributed by atoms with van der Waals surface area (Å²) in [4.78, 5) is 28.4. The first-order valence-electron chi connectivity index (χ1n) is 8.16. The summed E-state index contributed by atoms with van der Waals surface area (Å²) in [6.45, 7) is 0.997. The van der Waals surface area contributed by atoms with Crippen LogP contribution >= 0.6 is 11.3 Å². The average molecular weight is 385 g/mol. The number of aromatic nitrogens is 1. The third kappa shape index (κ3) is 4.09.